The third kappa shape index (κ3) is 3.38. The van der Waals surface area contributed by atoms with Crippen LogP contribution in [0.15, 0.2) is 18.2 Å². The predicted octanol–water partition coefficient (Wildman–Crippen LogP) is 3.78. The van der Waals surface area contributed by atoms with Crippen molar-refractivity contribution in [3.8, 4) is 5.75 Å². The van der Waals surface area contributed by atoms with E-state index in [4.69, 9.17) is 4.74 Å². The van der Waals surface area contributed by atoms with Gasteiger partial charge in [-0.25, -0.2) is 4.98 Å². The number of aromatic nitrogens is 1. The summed E-state index contributed by atoms with van der Waals surface area (Å²) in [4.78, 5) is 5.54. The highest BCUT2D eigenvalue weighted by atomic mass is 32.1. The fourth-order valence-electron chi connectivity index (χ4n) is 2.07. The lowest BCUT2D eigenvalue weighted by Crippen LogP contribution is -1.98. The first-order valence-electron chi connectivity index (χ1n) is 6.93. The molecule has 0 atom stereocenters. The second-order valence-corrected chi connectivity index (χ2v) is 6.04. The molecule has 1 heterocycles. The van der Waals surface area contributed by atoms with Crippen molar-refractivity contribution in [2.45, 2.75) is 46.8 Å². The average Bonchev–Trinajstić information content (AvgIpc) is 2.83. The third-order valence-electron chi connectivity index (χ3n) is 3.36. The van der Waals surface area contributed by atoms with Gasteiger partial charge in [0.05, 0.1) is 17.2 Å². The topological polar surface area (TPSA) is 42.4 Å². The van der Waals surface area contributed by atoms with Crippen LogP contribution in [0.5, 0.6) is 5.75 Å². The number of aryl methyl sites for hydroxylation is 2. The molecule has 108 valence electrons. The number of benzene rings is 1. The lowest BCUT2D eigenvalue weighted by molar-refractivity contribution is 0.284. The molecule has 0 spiro atoms. The highest BCUT2D eigenvalue weighted by Crippen LogP contribution is 2.24. The molecular weight excluding hydrogens is 270 g/mol. The molecule has 1 aromatic carbocycles. The van der Waals surface area contributed by atoms with E-state index < -0.39 is 0 Å². The van der Waals surface area contributed by atoms with Gasteiger partial charge in [-0.2, -0.15) is 0 Å². The van der Waals surface area contributed by atoms with E-state index in [9.17, 15) is 5.11 Å². The van der Waals surface area contributed by atoms with Gasteiger partial charge < -0.3 is 9.84 Å². The zero-order valence-electron chi connectivity index (χ0n) is 12.3. The second kappa shape index (κ2) is 6.86. The normalized spacial score (nSPS) is 10.8. The zero-order chi connectivity index (χ0) is 14.5. The monoisotopic (exact) mass is 291 g/mol. The van der Waals surface area contributed by atoms with E-state index in [-0.39, 0.29) is 6.61 Å². The van der Waals surface area contributed by atoms with Crippen LogP contribution >= 0.6 is 11.3 Å². The number of rotatable bonds is 6. The van der Waals surface area contributed by atoms with Crippen molar-refractivity contribution in [2.24, 2.45) is 0 Å². The Balaban J connectivity index is 2.09. The Morgan fingerprint density at radius 1 is 1.30 bits per heavy atom. The van der Waals surface area contributed by atoms with Crippen molar-refractivity contribution in [1.29, 1.82) is 0 Å². The molecule has 0 unspecified atom stereocenters. The van der Waals surface area contributed by atoms with Gasteiger partial charge >= 0.3 is 0 Å². The number of ether oxygens (including phenoxy) is 1. The molecule has 0 aliphatic rings. The Morgan fingerprint density at radius 2 is 2.10 bits per heavy atom. The maximum atomic E-state index is 9.35. The molecule has 0 saturated heterocycles. The molecule has 2 aromatic rings. The van der Waals surface area contributed by atoms with Gasteiger partial charge in [0.25, 0.3) is 0 Å². The summed E-state index contributed by atoms with van der Waals surface area (Å²) in [6, 6.07) is 6.06. The van der Waals surface area contributed by atoms with Gasteiger partial charge in [-0.15, -0.1) is 11.3 Å². The maximum absolute atomic E-state index is 9.35. The van der Waals surface area contributed by atoms with Crippen LogP contribution < -0.4 is 4.74 Å². The van der Waals surface area contributed by atoms with Crippen molar-refractivity contribution in [3.63, 3.8) is 0 Å². The SMILES string of the molecule is CCCc1nc(COc2cccc(C)c2C)sc1CO. The summed E-state index contributed by atoms with van der Waals surface area (Å²) in [5, 5.41) is 10.3. The fraction of sp³-hybridized carbons (Fsp3) is 0.438. The molecule has 0 aliphatic heterocycles. The summed E-state index contributed by atoms with van der Waals surface area (Å²) >= 11 is 1.54. The summed E-state index contributed by atoms with van der Waals surface area (Å²) in [5.74, 6) is 0.905. The van der Waals surface area contributed by atoms with Crippen LogP contribution in [-0.4, -0.2) is 10.1 Å². The van der Waals surface area contributed by atoms with Crippen molar-refractivity contribution < 1.29 is 9.84 Å². The smallest absolute Gasteiger partial charge is 0.140 e. The van der Waals surface area contributed by atoms with Gasteiger partial charge in [-0.05, 0) is 37.5 Å². The number of hydrogen-bond acceptors (Lipinski definition) is 4. The first-order chi connectivity index (χ1) is 9.65. The second-order valence-electron chi connectivity index (χ2n) is 4.87. The van der Waals surface area contributed by atoms with Crippen molar-refractivity contribution >= 4 is 11.3 Å². The summed E-state index contributed by atoms with van der Waals surface area (Å²) in [7, 11) is 0. The van der Waals surface area contributed by atoms with Crippen LogP contribution in [-0.2, 0) is 19.6 Å². The van der Waals surface area contributed by atoms with E-state index in [0.717, 1.165) is 34.2 Å². The molecule has 4 heteroatoms. The van der Waals surface area contributed by atoms with E-state index in [1.54, 1.807) is 11.3 Å². The molecule has 1 N–H and O–H groups in total. The van der Waals surface area contributed by atoms with E-state index in [0.29, 0.717) is 6.61 Å². The highest BCUT2D eigenvalue weighted by molar-refractivity contribution is 7.11. The van der Waals surface area contributed by atoms with E-state index in [2.05, 4.69) is 31.8 Å². The minimum atomic E-state index is 0.0659. The number of aliphatic hydroxyl groups excluding tert-OH is 1. The number of thiazole rings is 1. The third-order valence-corrected chi connectivity index (χ3v) is 4.41. The van der Waals surface area contributed by atoms with Crippen LogP contribution in [0.3, 0.4) is 0 Å². The zero-order valence-corrected chi connectivity index (χ0v) is 13.1. The van der Waals surface area contributed by atoms with Gasteiger partial charge in [0.2, 0.25) is 0 Å². The molecule has 3 nitrogen and oxygen atoms in total. The van der Waals surface area contributed by atoms with Gasteiger partial charge in [-0.1, -0.05) is 25.5 Å². The van der Waals surface area contributed by atoms with E-state index in [1.807, 2.05) is 12.1 Å². The lowest BCUT2D eigenvalue weighted by atomic mass is 10.1. The van der Waals surface area contributed by atoms with E-state index >= 15 is 0 Å². The largest absolute Gasteiger partial charge is 0.486 e. The van der Waals surface area contributed by atoms with Crippen molar-refractivity contribution in [3.05, 3.63) is 44.9 Å². The van der Waals surface area contributed by atoms with Gasteiger partial charge in [0, 0.05) is 0 Å². The molecule has 2 rings (SSSR count). The van der Waals surface area contributed by atoms with E-state index in [1.165, 1.54) is 11.1 Å². The number of aliphatic hydroxyl groups is 1. The summed E-state index contributed by atoms with van der Waals surface area (Å²) in [6.45, 7) is 6.79. The molecule has 1 aromatic heterocycles. The minimum Gasteiger partial charge on any atom is -0.486 e. The average molecular weight is 291 g/mol. The Kier molecular flexibility index (Phi) is 5.15. The summed E-state index contributed by atoms with van der Waals surface area (Å²) in [6.07, 6.45) is 1.95. The maximum Gasteiger partial charge on any atom is 0.140 e. The van der Waals surface area contributed by atoms with Crippen molar-refractivity contribution in [2.75, 3.05) is 0 Å². The summed E-state index contributed by atoms with van der Waals surface area (Å²) < 4.78 is 5.86. The van der Waals surface area contributed by atoms with Crippen LogP contribution in [0.2, 0.25) is 0 Å². The van der Waals surface area contributed by atoms with Crippen LogP contribution in [0.25, 0.3) is 0 Å². The standard InChI is InChI=1S/C16H21NO2S/c1-4-6-13-15(9-18)20-16(17-13)10-19-14-8-5-7-11(2)12(14)3/h5,7-8,18H,4,6,9-10H2,1-3H3. The first kappa shape index (κ1) is 15.0. The Labute approximate surface area is 124 Å². The van der Waals surface area contributed by atoms with Crippen LogP contribution in [0, 0.1) is 13.8 Å². The molecule has 0 amide bonds. The Bertz CT molecular complexity index is 578. The molecular formula is C16H21NO2S. The van der Waals surface area contributed by atoms with Gasteiger partial charge in [0.15, 0.2) is 0 Å². The Morgan fingerprint density at radius 3 is 2.80 bits per heavy atom. The fourth-order valence-corrected chi connectivity index (χ4v) is 2.96. The van der Waals surface area contributed by atoms with Crippen molar-refractivity contribution in [1.82, 2.24) is 4.98 Å². The minimum absolute atomic E-state index is 0.0659. The predicted molar refractivity (Wildman–Crippen MR) is 82.3 cm³/mol. The summed E-state index contributed by atoms with van der Waals surface area (Å²) in [5.41, 5.74) is 3.41. The van der Waals surface area contributed by atoms with Gasteiger partial charge in [0.1, 0.15) is 17.4 Å². The molecule has 0 fully saturated rings. The molecule has 0 aliphatic carbocycles. The quantitative estimate of drug-likeness (QED) is 0.880. The first-order valence-corrected chi connectivity index (χ1v) is 7.74. The van der Waals surface area contributed by atoms with Crippen LogP contribution in [0.1, 0.15) is 40.1 Å². The number of hydrogen-bond donors (Lipinski definition) is 1. The highest BCUT2D eigenvalue weighted by Gasteiger charge is 2.11. The van der Waals surface area contributed by atoms with Crippen LogP contribution in [0.4, 0.5) is 0 Å². The molecule has 0 radical (unpaired) electrons. The Hall–Kier alpha value is -1.39. The lowest BCUT2D eigenvalue weighted by Gasteiger charge is -2.09. The van der Waals surface area contributed by atoms with Gasteiger partial charge in [-0.3, -0.25) is 0 Å². The molecule has 0 bridgehead atoms. The molecule has 0 saturated carbocycles. The molecule has 20 heavy (non-hydrogen) atoms. The number of nitrogens with zero attached hydrogens (tertiary/aromatic N) is 1.